The fourth-order valence-electron chi connectivity index (χ4n) is 5.08. The second-order valence-corrected chi connectivity index (χ2v) is 10.4. The minimum Gasteiger partial charge on any atom is -0.494 e. The Hall–Kier alpha value is -3.60. The minimum absolute atomic E-state index is 0.0248. The molecule has 0 unspecified atom stereocenters. The third-order valence-corrected chi connectivity index (χ3v) is 7.40. The van der Waals surface area contributed by atoms with Crippen LogP contribution in [0.5, 0.6) is 5.75 Å². The number of ether oxygens (including phenoxy) is 1. The molecule has 0 aromatic heterocycles. The molecule has 3 aromatic rings. The summed E-state index contributed by atoms with van der Waals surface area (Å²) in [4.78, 5) is 29.3. The van der Waals surface area contributed by atoms with E-state index >= 15 is 0 Å². The standard InChI is InChI=1S/C33H40N2O3/c1-25-18-20-30(21-19-25)38-22-10-17-32(36)35(24-28-14-7-6-11-26(28)2)31(23-27-12-4-3-5-13-27)33(37)34-29-15-8-9-16-29/h3-7,11-14,18-21,29,31H,8-10,15-17,22-24H2,1-2H3,(H,34,37)/t31-/m0/s1. The first kappa shape index (κ1) is 27.4. The Bertz CT molecular complexity index is 1170. The Kier molecular flexibility index (Phi) is 9.97. The van der Waals surface area contributed by atoms with E-state index in [2.05, 4.69) is 18.3 Å². The van der Waals surface area contributed by atoms with Gasteiger partial charge in [-0.1, -0.05) is 85.1 Å². The molecule has 0 radical (unpaired) electrons. The highest BCUT2D eigenvalue weighted by Crippen LogP contribution is 2.21. The fourth-order valence-corrected chi connectivity index (χ4v) is 5.08. The first-order chi connectivity index (χ1) is 18.5. The summed E-state index contributed by atoms with van der Waals surface area (Å²) in [5.41, 5.74) is 4.40. The number of carbonyl (C=O) groups is 2. The molecule has 1 atom stereocenters. The smallest absolute Gasteiger partial charge is 0.243 e. The molecular weight excluding hydrogens is 472 g/mol. The number of nitrogens with zero attached hydrogens (tertiary/aromatic N) is 1. The van der Waals surface area contributed by atoms with Gasteiger partial charge in [-0.25, -0.2) is 0 Å². The molecule has 0 heterocycles. The molecule has 0 bridgehead atoms. The van der Waals surface area contributed by atoms with Crippen LogP contribution in [0.25, 0.3) is 0 Å². The van der Waals surface area contributed by atoms with E-state index in [0.29, 0.717) is 32.4 Å². The van der Waals surface area contributed by atoms with E-state index in [4.69, 9.17) is 4.74 Å². The quantitative estimate of drug-likeness (QED) is 0.296. The molecular formula is C33H40N2O3. The molecule has 1 fully saturated rings. The summed E-state index contributed by atoms with van der Waals surface area (Å²) < 4.78 is 5.87. The highest BCUT2D eigenvalue weighted by molar-refractivity contribution is 5.88. The molecule has 0 spiro atoms. The van der Waals surface area contributed by atoms with Gasteiger partial charge < -0.3 is 15.0 Å². The Morgan fingerprint density at radius 2 is 1.61 bits per heavy atom. The summed E-state index contributed by atoms with van der Waals surface area (Å²) in [7, 11) is 0. The molecule has 5 heteroatoms. The Balaban J connectivity index is 1.52. The van der Waals surface area contributed by atoms with E-state index < -0.39 is 6.04 Å². The van der Waals surface area contributed by atoms with Gasteiger partial charge in [0.2, 0.25) is 11.8 Å². The topological polar surface area (TPSA) is 58.6 Å². The predicted octanol–water partition coefficient (Wildman–Crippen LogP) is 6.16. The third kappa shape index (κ3) is 7.95. The first-order valence-corrected chi connectivity index (χ1v) is 13.9. The van der Waals surface area contributed by atoms with Crippen molar-refractivity contribution in [1.29, 1.82) is 0 Å². The average Bonchev–Trinajstić information content (AvgIpc) is 3.44. The van der Waals surface area contributed by atoms with Gasteiger partial charge in [0.05, 0.1) is 6.61 Å². The average molecular weight is 513 g/mol. The van der Waals surface area contributed by atoms with Crippen LogP contribution in [-0.4, -0.2) is 35.4 Å². The monoisotopic (exact) mass is 512 g/mol. The molecule has 1 saturated carbocycles. The zero-order chi connectivity index (χ0) is 26.7. The van der Waals surface area contributed by atoms with Crippen molar-refractivity contribution in [3.05, 3.63) is 101 Å². The normalized spacial score (nSPS) is 14.2. The lowest BCUT2D eigenvalue weighted by molar-refractivity contribution is -0.141. The van der Waals surface area contributed by atoms with Gasteiger partial charge in [-0.05, 0) is 61.9 Å². The third-order valence-electron chi connectivity index (χ3n) is 7.40. The van der Waals surface area contributed by atoms with Crippen molar-refractivity contribution in [2.45, 2.75) is 77.4 Å². The van der Waals surface area contributed by atoms with Crippen LogP contribution in [0, 0.1) is 13.8 Å². The second kappa shape index (κ2) is 13.8. The van der Waals surface area contributed by atoms with Gasteiger partial charge in [-0.3, -0.25) is 9.59 Å². The molecule has 200 valence electrons. The van der Waals surface area contributed by atoms with Crippen molar-refractivity contribution in [3.63, 3.8) is 0 Å². The summed E-state index contributed by atoms with van der Waals surface area (Å²) in [6.07, 6.45) is 5.68. The van der Waals surface area contributed by atoms with Gasteiger partial charge in [-0.2, -0.15) is 0 Å². The van der Waals surface area contributed by atoms with E-state index in [9.17, 15) is 9.59 Å². The van der Waals surface area contributed by atoms with Crippen molar-refractivity contribution in [2.75, 3.05) is 6.61 Å². The SMILES string of the molecule is Cc1ccc(OCCCC(=O)N(Cc2ccccc2C)[C@@H](Cc2ccccc2)C(=O)NC2CCCC2)cc1. The van der Waals surface area contributed by atoms with Crippen molar-refractivity contribution in [2.24, 2.45) is 0 Å². The zero-order valence-corrected chi connectivity index (χ0v) is 22.7. The summed E-state index contributed by atoms with van der Waals surface area (Å²) in [6, 6.07) is 25.6. The van der Waals surface area contributed by atoms with Crippen LogP contribution in [0.3, 0.4) is 0 Å². The second-order valence-electron chi connectivity index (χ2n) is 10.4. The molecule has 3 aromatic carbocycles. The van der Waals surface area contributed by atoms with Crippen LogP contribution in [0.4, 0.5) is 0 Å². The lowest BCUT2D eigenvalue weighted by atomic mass is 10.0. The summed E-state index contributed by atoms with van der Waals surface area (Å²) in [5, 5.41) is 3.27. The zero-order valence-electron chi connectivity index (χ0n) is 22.7. The van der Waals surface area contributed by atoms with Gasteiger partial charge in [0.25, 0.3) is 0 Å². The molecule has 1 aliphatic rings. The van der Waals surface area contributed by atoms with E-state index in [1.54, 1.807) is 4.90 Å². The molecule has 0 saturated heterocycles. The number of nitrogens with one attached hydrogen (secondary N) is 1. The van der Waals surface area contributed by atoms with Crippen molar-refractivity contribution in [3.8, 4) is 5.75 Å². The van der Waals surface area contributed by atoms with Crippen LogP contribution in [0.2, 0.25) is 0 Å². The highest BCUT2D eigenvalue weighted by atomic mass is 16.5. The minimum atomic E-state index is -0.580. The molecule has 1 N–H and O–H groups in total. The van der Waals surface area contributed by atoms with E-state index in [1.165, 1.54) is 5.56 Å². The van der Waals surface area contributed by atoms with Gasteiger partial charge >= 0.3 is 0 Å². The number of amides is 2. The lowest BCUT2D eigenvalue weighted by Gasteiger charge is -2.33. The molecule has 38 heavy (non-hydrogen) atoms. The van der Waals surface area contributed by atoms with Crippen LogP contribution in [-0.2, 0) is 22.6 Å². The van der Waals surface area contributed by atoms with Crippen LogP contribution in [0.15, 0.2) is 78.9 Å². The van der Waals surface area contributed by atoms with Crippen LogP contribution >= 0.6 is 0 Å². The summed E-state index contributed by atoms with van der Waals surface area (Å²) in [6.45, 7) is 4.95. The number of carbonyl (C=O) groups excluding carboxylic acids is 2. The maximum absolute atomic E-state index is 13.8. The highest BCUT2D eigenvalue weighted by Gasteiger charge is 2.32. The Labute approximate surface area is 227 Å². The van der Waals surface area contributed by atoms with Gasteiger partial charge in [0, 0.05) is 25.4 Å². The number of hydrogen-bond acceptors (Lipinski definition) is 3. The van der Waals surface area contributed by atoms with E-state index in [-0.39, 0.29) is 17.9 Å². The van der Waals surface area contributed by atoms with Crippen molar-refractivity contribution >= 4 is 11.8 Å². The maximum Gasteiger partial charge on any atom is 0.243 e. The Morgan fingerprint density at radius 3 is 2.32 bits per heavy atom. The van der Waals surface area contributed by atoms with E-state index in [0.717, 1.165) is 48.1 Å². The fraction of sp³-hybridized carbons (Fsp3) is 0.394. The van der Waals surface area contributed by atoms with Gasteiger partial charge in [0.1, 0.15) is 11.8 Å². The lowest BCUT2D eigenvalue weighted by Crippen LogP contribution is -2.52. The van der Waals surface area contributed by atoms with Gasteiger partial charge in [-0.15, -0.1) is 0 Å². The molecule has 1 aliphatic carbocycles. The molecule has 5 nitrogen and oxygen atoms in total. The van der Waals surface area contributed by atoms with Crippen LogP contribution in [0.1, 0.15) is 60.8 Å². The van der Waals surface area contributed by atoms with E-state index in [1.807, 2.05) is 79.7 Å². The van der Waals surface area contributed by atoms with Crippen LogP contribution < -0.4 is 10.1 Å². The number of aryl methyl sites for hydroxylation is 2. The number of rotatable bonds is 12. The Morgan fingerprint density at radius 1 is 0.921 bits per heavy atom. The van der Waals surface area contributed by atoms with Crippen molar-refractivity contribution < 1.29 is 14.3 Å². The van der Waals surface area contributed by atoms with Gasteiger partial charge in [0.15, 0.2) is 0 Å². The predicted molar refractivity (Wildman–Crippen MR) is 152 cm³/mol. The molecule has 0 aliphatic heterocycles. The van der Waals surface area contributed by atoms with Crippen molar-refractivity contribution in [1.82, 2.24) is 10.2 Å². The number of hydrogen-bond donors (Lipinski definition) is 1. The maximum atomic E-state index is 13.8. The number of benzene rings is 3. The summed E-state index contributed by atoms with van der Waals surface area (Å²) in [5.74, 6) is 0.722. The molecule has 2 amide bonds. The first-order valence-electron chi connectivity index (χ1n) is 13.9. The molecule has 4 rings (SSSR count). The summed E-state index contributed by atoms with van der Waals surface area (Å²) >= 11 is 0. The largest absolute Gasteiger partial charge is 0.494 e.